The number of methoxy groups -OCH3 is 1. The molecule has 4 aliphatic rings. The van der Waals surface area contributed by atoms with E-state index in [1.807, 2.05) is 0 Å². The van der Waals surface area contributed by atoms with Crippen molar-refractivity contribution in [1.82, 2.24) is 5.01 Å². The summed E-state index contributed by atoms with van der Waals surface area (Å²) >= 11 is 6.29. The van der Waals surface area contributed by atoms with Crippen LogP contribution in [0.3, 0.4) is 0 Å². The zero-order valence-electron chi connectivity index (χ0n) is 29.9. The van der Waals surface area contributed by atoms with E-state index in [1.165, 1.54) is 61.7 Å². The quantitative estimate of drug-likeness (QED) is 0.114. The Morgan fingerprint density at radius 2 is 1.47 bits per heavy atom. The number of amides is 4. The van der Waals surface area contributed by atoms with Gasteiger partial charge in [-0.2, -0.15) is 31.4 Å². The second-order valence-corrected chi connectivity index (χ2v) is 15.0. The van der Waals surface area contributed by atoms with E-state index >= 15 is 4.79 Å². The van der Waals surface area contributed by atoms with Gasteiger partial charge < -0.3 is 9.84 Å². The van der Waals surface area contributed by atoms with Crippen molar-refractivity contribution >= 4 is 46.6 Å². The lowest BCUT2D eigenvalue weighted by Gasteiger charge is -2.50. The molecule has 4 amide bonds. The second kappa shape index (κ2) is 13.6. The summed E-state index contributed by atoms with van der Waals surface area (Å²) in [6, 6.07) is 15.6. The van der Waals surface area contributed by atoms with Gasteiger partial charge in [-0.1, -0.05) is 41.4 Å². The molecule has 6 unspecified atom stereocenters. The molecule has 2 N–H and O–H groups in total. The fourth-order valence-electron chi connectivity index (χ4n) is 9.29. The number of nitrogens with one attached hydrogen (secondary N) is 1. The molecule has 0 radical (unpaired) electrons. The normalized spacial score (nSPS) is 25.7. The van der Waals surface area contributed by atoms with Gasteiger partial charge in [0.25, 0.3) is 11.8 Å². The minimum Gasteiger partial charge on any atom is -0.508 e. The van der Waals surface area contributed by atoms with Gasteiger partial charge in [-0.15, -0.1) is 0 Å². The van der Waals surface area contributed by atoms with E-state index in [-0.39, 0.29) is 52.2 Å². The Morgan fingerprint density at radius 1 is 0.828 bits per heavy atom. The van der Waals surface area contributed by atoms with Crippen LogP contribution in [0.2, 0.25) is 5.02 Å². The highest BCUT2D eigenvalue weighted by molar-refractivity contribution is 6.30. The molecule has 4 aromatic carbocycles. The maximum Gasteiger partial charge on any atom is 0.416 e. The molecule has 17 heteroatoms. The van der Waals surface area contributed by atoms with Crippen molar-refractivity contribution in [2.75, 3.05) is 17.4 Å². The summed E-state index contributed by atoms with van der Waals surface area (Å²) in [6.07, 6.45) is -9.52. The maximum absolute atomic E-state index is 15.3. The van der Waals surface area contributed by atoms with Gasteiger partial charge in [0.2, 0.25) is 11.8 Å². The molecule has 2 saturated heterocycles. The van der Waals surface area contributed by atoms with E-state index in [2.05, 4.69) is 5.43 Å². The zero-order chi connectivity index (χ0) is 41.6. The summed E-state index contributed by atoms with van der Waals surface area (Å²) < 4.78 is 103. The van der Waals surface area contributed by atoms with Gasteiger partial charge >= 0.3 is 12.4 Å². The lowest BCUT2D eigenvalue weighted by Crippen LogP contribution is -2.53. The van der Waals surface area contributed by atoms with Crippen molar-refractivity contribution < 1.29 is 59.8 Å². The number of hydrogen-bond acceptors (Lipinski definition) is 7. The molecule has 0 aromatic heterocycles. The number of carbonyl (C=O) groups is 4. The number of imide groups is 2. The number of carbonyl (C=O) groups excluding carboxylic acids is 4. The third-order valence-electron chi connectivity index (χ3n) is 11.6. The predicted molar refractivity (Wildman–Crippen MR) is 193 cm³/mol. The Balaban J connectivity index is 1.33. The number of nitrogens with zero attached hydrogens (tertiary/aromatic N) is 2. The van der Waals surface area contributed by atoms with Gasteiger partial charge in [-0.25, -0.2) is 9.29 Å². The van der Waals surface area contributed by atoms with Crippen molar-refractivity contribution in [2.24, 2.45) is 23.7 Å². The topological polar surface area (TPSA) is 116 Å². The molecule has 1 saturated carbocycles. The molecule has 0 bridgehead atoms. The van der Waals surface area contributed by atoms with E-state index in [0.29, 0.717) is 22.6 Å². The van der Waals surface area contributed by atoms with Crippen molar-refractivity contribution in [3.63, 3.8) is 0 Å². The number of alkyl halides is 6. The third-order valence-corrected chi connectivity index (χ3v) is 11.9. The first-order valence-corrected chi connectivity index (χ1v) is 18.2. The maximum atomic E-state index is 15.3. The van der Waals surface area contributed by atoms with Crippen LogP contribution < -0.4 is 15.1 Å². The van der Waals surface area contributed by atoms with E-state index in [4.69, 9.17) is 16.3 Å². The summed E-state index contributed by atoms with van der Waals surface area (Å²) in [5.74, 6) is -11.2. The monoisotopic (exact) mass is 827 g/mol. The highest BCUT2D eigenvalue weighted by Crippen LogP contribution is 2.66. The van der Waals surface area contributed by atoms with E-state index in [1.54, 1.807) is 6.08 Å². The number of rotatable bonds is 6. The third kappa shape index (κ3) is 5.90. The molecular formula is C41H29ClF7N3O6. The fourth-order valence-corrected chi connectivity index (χ4v) is 9.42. The van der Waals surface area contributed by atoms with Crippen LogP contribution in [-0.2, 0) is 36.9 Å². The van der Waals surface area contributed by atoms with Gasteiger partial charge in [0.15, 0.2) is 0 Å². The fraction of sp³-hybridized carbons (Fsp3) is 0.268. The summed E-state index contributed by atoms with van der Waals surface area (Å²) in [7, 11) is 1.31. The van der Waals surface area contributed by atoms with Gasteiger partial charge in [-0.05, 0) is 91.1 Å². The molecule has 6 atom stereocenters. The summed E-state index contributed by atoms with van der Waals surface area (Å²) in [6.45, 7) is 0. The van der Waals surface area contributed by atoms with Crippen molar-refractivity contribution in [3.8, 4) is 11.5 Å². The number of hydrazine groups is 1. The number of phenolic OH excluding ortho intramolecular Hbond substituents is 1. The number of benzene rings is 4. The highest BCUT2D eigenvalue weighted by Gasteiger charge is 2.71. The number of aromatic hydroxyl groups is 1. The Labute approximate surface area is 329 Å². The van der Waals surface area contributed by atoms with Crippen LogP contribution in [-0.4, -0.2) is 40.9 Å². The Morgan fingerprint density at radius 3 is 2.07 bits per heavy atom. The number of halogens is 8. The first-order valence-electron chi connectivity index (χ1n) is 17.8. The van der Waals surface area contributed by atoms with Crippen LogP contribution in [0.5, 0.6) is 11.5 Å². The number of fused-ring (bicyclic) bond motifs is 4. The molecule has 0 spiro atoms. The van der Waals surface area contributed by atoms with Gasteiger partial charge in [-0.3, -0.25) is 24.6 Å². The SMILES string of the molecule is COc1cccc(O)c1C1C2=CCC3C(=O)N(c4cc(C(F)(F)F)cc(C(F)(F)F)c4)C(=O)C3C2CC2C(=O)N(Nc3ccc(F)cc3)C(=O)C21c1ccc(Cl)cc1. The molecule has 4 aromatic rings. The molecule has 300 valence electrons. The van der Waals surface area contributed by atoms with Gasteiger partial charge in [0.1, 0.15) is 17.3 Å². The highest BCUT2D eigenvalue weighted by atomic mass is 35.5. The molecule has 9 nitrogen and oxygen atoms in total. The Kier molecular flexibility index (Phi) is 9.14. The first kappa shape index (κ1) is 38.9. The first-order chi connectivity index (χ1) is 27.4. The molecular weight excluding hydrogens is 799 g/mol. The molecule has 3 fully saturated rings. The summed E-state index contributed by atoms with van der Waals surface area (Å²) in [4.78, 5) is 59.0. The molecule has 58 heavy (non-hydrogen) atoms. The molecule has 2 aliphatic carbocycles. The number of allylic oxidation sites excluding steroid dienone is 2. The van der Waals surface area contributed by atoms with Crippen LogP contribution in [0.4, 0.5) is 42.1 Å². The smallest absolute Gasteiger partial charge is 0.416 e. The second-order valence-electron chi connectivity index (χ2n) is 14.5. The standard InChI is InChI=1S/C41H29ClF7N3O6/c1-58-31-4-2-3-30(53)33(31)34-26-13-14-27-32(37(56)51(35(27)54)25-16-20(40(44,45)46)15-21(17-25)41(47,48)49)28(26)18-29-36(55)52(50-24-11-9-23(43)10-12-24)38(57)39(29,34)19-5-7-22(42)8-6-19/h2-13,15-17,27-29,32,34,50,53H,14,18H2,1H3. The molecule has 8 rings (SSSR count). The van der Waals surface area contributed by atoms with Crippen LogP contribution in [0.15, 0.2) is 96.6 Å². The van der Waals surface area contributed by atoms with Crippen molar-refractivity contribution in [3.05, 3.63) is 130 Å². The molecule has 2 aliphatic heterocycles. The summed E-state index contributed by atoms with van der Waals surface area (Å²) in [5, 5.41) is 12.7. The average molecular weight is 828 g/mol. The lowest BCUT2D eigenvalue weighted by molar-refractivity contribution is -0.143. The molecule has 2 heterocycles. The zero-order valence-corrected chi connectivity index (χ0v) is 30.6. The Bertz CT molecular complexity index is 2390. The van der Waals surface area contributed by atoms with E-state index in [0.717, 1.165) is 17.1 Å². The number of hydrogen-bond donors (Lipinski definition) is 2. The number of anilines is 2. The van der Waals surface area contributed by atoms with E-state index in [9.17, 15) is 50.2 Å². The lowest BCUT2D eigenvalue weighted by atomic mass is 9.49. The largest absolute Gasteiger partial charge is 0.508 e. The van der Waals surface area contributed by atoms with Crippen molar-refractivity contribution in [1.29, 1.82) is 0 Å². The van der Waals surface area contributed by atoms with Gasteiger partial charge in [0, 0.05) is 16.5 Å². The number of phenols is 1. The predicted octanol–water partition coefficient (Wildman–Crippen LogP) is 8.42. The average Bonchev–Trinajstić information content (AvgIpc) is 3.55. The minimum absolute atomic E-state index is 0.0328. The van der Waals surface area contributed by atoms with Crippen LogP contribution in [0.25, 0.3) is 0 Å². The summed E-state index contributed by atoms with van der Waals surface area (Å²) in [5.41, 5.74) is -2.80. The minimum atomic E-state index is -5.27. The number of ether oxygens (including phenoxy) is 1. The van der Waals surface area contributed by atoms with Crippen LogP contribution >= 0.6 is 11.6 Å². The van der Waals surface area contributed by atoms with E-state index < -0.39 is 93.6 Å². The van der Waals surface area contributed by atoms with Crippen LogP contribution in [0, 0.1) is 29.5 Å². The Hall–Kier alpha value is -5.90. The van der Waals surface area contributed by atoms with Crippen LogP contribution in [0.1, 0.15) is 41.0 Å². The van der Waals surface area contributed by atoms with Crippen molar-refractivity contribution in [2.45, 2.75) is 36.5 Å². The van der Waals surface area contributed by atoms with Gasteiger partial charge in [0.05, 0.1) is 52.8 Å².